The van der Waals surface area contributed by atoms with E-state index >= 15 is 0 Å². The Morgan fingerprint density at radius 1 is 0.947 bits per heavy atom. The second-order valence-electron chi connectivity index (χ2n) is 3.60. The average Bonchev–Trinajstić information content (AvgIpc) is 2.35. The molecule has 6 heteroatoms. The largest absolute Gasteiger partial charge is 0.431 e. The molecule has 0 atom stereocenters. The highest BCUT2D eigenvalue weighted by Crippen LogP contribution is 2.39. The third-order valence-corrected chi connectivity index (χ3v) is 3.23. The van der Waals surface area contributed by atoms with E-state index in [1.807, 2.05) is 0 Å². The lowest BCUT2D eigenvalue weighted by Gasteiger charge is -2.13. The molecule has 0 amide bonds. The minimum absolute atomic E-state index is 0.118. The van der Waals surface area contributed by atoms with Crippen LogP contribution in [0.2, 0.25) is 10.0 Å². The van der Waals surface area contributed by atoms with Crippen molar-refractivity contribution in [1.82, 2.24) is 0 Å². The summed E-state index contributed by atoms with van der Waals surface area (Å²) < 4.78 is 42.5. The van der Waals surface area contributed by atoms with Crippen LogP contribution in [-0.4, -0.2) is 6.61 Å². The molecule has 0 saturated heterocycles. The molecule has 0 aliphatic rings. The predicted molar refractivity (Wildman–Crippen MR) is 68.5 cm³/mol. The van der Waals surface area contributed by atoms with E-state index in [9.17, 15) is 13.2 Å². The number of halogens is 5. The topological polar surface area (TPSA) is 9.23 Å². The average molecular weight is 307 g/mol. The van der Waals surface area contributed by atoms with Gasteiger partial charge in [-0.1, -0.05) is 47.5 Å². The van der Waals surface area contributed by atoms with Gasteiger partial charge in [-0.3, -0.25) is 0 Å². The van der Waals surface area contributed by atoms with Gasteiger partial charge in [0.1, 0.15) is 0 Å². The summed E-state index contributed by atoms with van der Waals surface area (Å²) in [6.45, 7) is -3.13. The summed E-state index contributed by atoms with van der Waals surface area (Å²) in [4.78, 5) is 0. The first-order valence-corrected chi connectivity index (χ1v) is 5.94. The molecule has 2 rings (SSSR count). The van der Waals surface area contributed by atoms with Gasteiger partial charge in [-0.15, -0.1) is 0 Å². The molecule has 0 aliphatic heterocycles. The van der Waals surface area contributed by atoms with Crippen molar-refractivity contribution in [3.63, 3.8) is 0 Å². The molecule has 19 heavy (non-hydrogen) atoms. The van der Waals surface area contributed by atoms with Gasteiger partial charge in [0.05, 0.1) is 10.0 Å². The molecule has 0 spiro atoms. The van der Waals surface area contributed by atoms with E-state index in [0.29, 0.717) is 5.56 Å². The van der Waals surface area contributed by atoms with Crippen molar-refractivity contribution in [3.05, 3.63) is 52.3 Å². The van der Waals surface area contributed by atoms with Crippen LogP contribution in [-0.2, 0) is 0 Å². The maximum atomic E-state index is 13.6. The third-order valence-electron chi connectivity index (χ3n) is 2.42. The highest BCUT2D eigenvalue weighted by atomic mass is 35.5. The maximum absolute atomic E-state index is 13.6. The zero-order chi connectivity index (χ0) is 14.0. The van der Waals surface area contributed by atoms with Crippen LogP contribution >= 0.6 is 23.2 Å². The molecule has 0 unspecified atom stereocenters. The summed E-state index contributed by atoms with van der Waals surface area (Å²) in [6, 6.07) is 8.50. The number of ether oxygens (including phenoxy) is 1. The van der Waals surface area contributed by atoms with Crippen molar-refractivity contribution in [3.8, 4) is 16.9 Å². The van der Waals surface area contributed by atoms with Crippen molar-refractivity contribution in [2.24, 2.45) is 0 Å². The molecule has 0 saturated carbocycles. The smallest absolute Gasteiger partial charge is 0.387 e. The van der Waals surface area contributed by atoms with Crippen molar-refractivity contribution in [2.45, 2.75) is 6.61 Å². The predicted octanol–water partition coefficient (Wildman–Crippen LogP) is 5.40. The molecule has 2 aromatic carbocycles. The lowest BCUT2D eigenvalue weighted by molar-refractivity contribution is -0.0517. The Kier molecular flexibility index (Phi) is 4.22. The number of benzene rings is 2. The number of para-hydroxylation sites is 1. The van der Waals surface area contributed by atoms with Gasteiger partial charge in [-0.2, -0.15) is 8.78 Å². The molecule has 0 fully saturated rings. The molecule has 0 aliphatic carbocycles. The number of hydrogen-bond donors (Lipinski definition) is 0. The molecule has 1 nitrogen and oxygen atoms in total. The van der Waals surface area contributed by atoms with Crippen LogP contribution < -0.4 is 4.74 Å². The fourth-order valence-electron chi connectivity index (χ4n) is 1.64. The zero-order valence-electron chi connectivity index (χ0n) is 9.34. The van der Waals surface area contributed by atoms with Crippen LogP contribution in [0, 0.1) is 5.82 Å². The fourth-order valence-corrected chi connectivity index (χ4v) is 2.04. The van der Waals surface area contributed by atoms with E-state index in [4.69, 9.17) is 23.2 Å². The Morgan fingerprint density at radius 3 is 2.26 bits per heavy atom. The summed E-state index contributed by atoms with van der Waals surface area (Å²) in [5.41, 5.74) is 0.442. The first-order chi connectivity index (χ1) is 9.00. The van der Waals surface area contributed by atoms with E-state index in [2.05, 4.69) is 4.74 Å². The van der Waals surface area contributed by atoms with Gasteiger partial charge in [0.2, 0.25) is 0 Å². The van der Waals surface area contributed by atoms with Gasteiger partial charge in [-0.25, -0.2) is 4.39 Å². The summed E-state index contributed by atoms with van der Waals surface area (Å²) in [5, 5.41) is 0.389. The molecule has 2 aromatic rings. The maximum Gasteiger partial charge on any atom is 0.387 e. The van der Waals surface area contributed by atoms with Gasteiger partial charge in [-0.05, 0) is 12.1 Å². The minimum Gasteiger partial charge on any atom is -0.431 e. The van der Waals surface area contributed by atoms with Gasteiger partial charge in [0.25, 0.3) is 0 Å². The lowest BCUT2D eigenvalue weighted by Crippen LogP contribution is -2.05. The Hall–Kier alpha value is -1.39. The van der Waals surface area contributed by atoms with Crippen molar-refractivity contribution in [1.29, 1.82) is 0 Å². The molecular weight excluding hydrogens is 300 g/mol. The monoisotopic (exact) mass is 306 g/mol. The van der Waals surface area contributed by atoms with E-state index in [1.165, 1.54) is 12.1 Å². The number of alkyl halides is 2. The SMILES string of the molecule is Fc1cccc(-c2cccc(Cl)c2Cl)c1OC(F)F. The Morgan fingerprint density at radius 2 is 1.58 bits per heavy atom. The van der Waals surface area contributed by atoms with E-state index < -0.39 is 18.2 Å². The van der Waals surface area contributed by atoms with Crippen molar-refractivity contribution in [2.75, 3.05) is 0 Å². The fraction of sp³-hybridized carbons (Fsp3) is 0.0769. The van der Waals surface area contributed by atoms with E-state index in [1.54, 1.807) is 18.2 Å². The number of rotatable bonds is 3. The first-order valence-electron chi connectivity index (χ1n) is 5.18. The molecule has 0 heterocycles. The van der Waals surface area contributed by atoms with Crippen molar-refractivity contribution < 1.29 is 17.9 Å². The Labute approximate surface area is 117 Å². The Balaban J connectivity index is 2.62. The summed E-state index contributed by atoms with van der Waals surface area (Å²) in [7, 11) is 0. The van der Waals surface area contributed by atoms with Crippen LogP contribution in [0.5, 0.6) is 5.75 Å². The summed E-state index contributed by atoms with van der Waals surface area (Å²) in [5.74, 6) is -1.45. The van der Waals surface area contributed by atoms with Gasteiger partial charge in [0.15, 0.2) is 11.6 Å². The van der Waals surface area contributed by atoms with Crippen LogP contribution in [0.3, 0.4) is 0 Å². The first kappa shape index (κ1) is 14.0. The molecule has 0 bridgehead atoms. The highest BCUT2D eigenvalue weighted by molar-refractivity contribution is 6.43. The van der Waals surface area contributed by atoms with E-state index in [-0.39, 0.29) is 15.6 Å². The van der Waals surface area contributed by atoms with Gasteiger partial charge >= 0.3 is 6.61 Å². The van der Waals surface area contributed by atoms with Crippen LogP contribution in [0.15, 0.2) is 36.4 Å². The summed E-state index contributed by atoms with van der Waals surface area (Å²) in [6.07, 6.45) is 0. The van der Waals surface area contributed by atoms with Crippen molar-refractivity contribution >= 4 is 23.2 Å². The molecule has 100 valence electrons. The minimum atomic E-state index is -3.13. The van der Waals surface area contributed by atoms with Crippen LogP contribution in [0.25, 0.3) is 11.1 Å². The zero-order valence-corrected chi connectivity index (χ0v) is 10.9. The van der Waals surface area contributed by atoms with Crippen LogP contribution in [0.1, 0.15) is 0 Å². The van der Waals surface area contributed by atoms with Crippen LogP contribution in [0.4, 0.5) is 13.2 Å². The second-order valence-corrected chi connectivity index (χ2v) is 4.38. The van der Waals surface area contributed by atoms with Gasteiger partial charge in [0, 0.05) is 11.1 Å². The quantitative estimate of drug-likeness (QED) is 0.737. The lowest BCUT2D eigenvalue weighted by atomic mass is 10.0. The van der Waals surface area contributed by atoms with Gasteiger partial charge < -0.3 is 4.74 Å². The Bertz CT molecular complexity index is 602. The second kappa shape index (κ2) is 5.72. The van der Waals surface area contributed by atoms with E-state index in [0.717, 1.165) is 6.07 Å². The normalized spacial score (nSPS) is 10.8. The standard InChI is InChI=1S/C13H7Cl2F3O/c14-9-5-1-3-7(11(9)15)8-4-2-6-10(16)12(8)19-13(17)18/h1-6,13H. The molecule has 0 radical (unpaired) electrons. The molecule has 0 N–H and O–H groups in total. The molecular formula is C13H7Cl2F3O. The highest BCUT2D eigenvalue weighted by Gasteiger charge is 2.18. The molecule has 0 aromatic heterocycles. The number of hydrogen-bond acceptors (Lipinski definition) is 1. The third kappa shape index (κ3) is 2.96. The summed E-state index contributed by atoms with van der Waals surface area (Å²) >= 11 is 11.8.